The maximum Gasteiger partial charge on any atom is 0.407 e. The van der Waals surface area contributed by atoms with Crippen LogP contribution in [0.2, 0.25) is 0 Å². The van der Waals surface area contributed by atoms with Gasteiger partial charge in [0.1, 0.15) is 35.4 Å². The average Bonchev–Trinajstić information content (AvgIpc) is 1.65. The van der Waals surface area contributed by atoms with Crippen LogP contribution in [0.3, 0.4) is 0 Å². The summed E-state index contributed by atoms with van der Waals surface area (Å²) >= 11 is 0. The molecule has 2 fully saturated rings. The highest BCUT2D eigenvalue weighted by molar-refractivity contribution is 6.17. The summed E-state index contributed by atoms with van der Waals surface area (Å²) in [7, 11) is 1.42. The number of ether oxygens (including phenoxy) is 5. The molecule has 5 aromatic rings. The zero-order valence-corrected chi connectivity index (χ0v) is 63.6. The summed E-state index contributed by atoms with van der Waals surface area (Å²) in [4.78, 5) is 154. The minimum atomic E-state index is -2.07. The number of phenols is 1. The highest BCUT2D eigenvalue weighted by atomic mass is 16.7. The summed E-state index contributed by atoms with van der Waals surface area (Å²) in [6.45, 7) is 18.6. The number of aliphatic hydroxyl groups excluding tert-OH is 3. The second-order valence-electron chi connectivity index (χ2n) is 29.6. The number of urea groups is 1. The molecule has 12 atom stereocenters. The number of alkyl carbamates (subject to hydrolysis) is 1. The van der Waals surface area contributed by atoms with Gasteiger partial charge in [-0.3, -0.25) is 48.1 Å². The number of aliphatic hydroxyl groups is 3. The molecule has 4 aliphatic heterocycles. The molecule has 0 saturated carbocycles. The van der Waals surface area contributed by atoms with E-state index in [2.05, 4.69) is 26.6 Å². The number of amides is 8. The van der Waals surface area contributed by atoms with Gasteiger partial charge in [0.15, 0.2) is 28.2 Å². The number of hydrogen-bond acceptors (Lipinski definition) is 23. The zero-order valence-electron chi connectivity index (χ0n) is 63.6. The molecule has 1 unspecified atom stereocenters. The van der Waals surface area contributed by atoms with E-state index in [1.54, 1.807) is 84.9 Å². The fraction of sp³-hybridized carbons (Fsp3) is 0.519. The van der Waals surface area contributed by atoms with E-state index >= 15 is 4.79 Å². The van der Waals surface area contributed by atoms with Gasteiger partial charge in [-0.2, -0.15) is 0 Å². The molecular formula is C79H101N9O21. The van der Waals surface area contributed by atoms with E-state index in [0.717, 1.165) is 0 Å². The van der Waals surface area contributed by atoms with Crippen molar-refractivity contribution in [3.8, 4) is 11.5 Å². The van der Waals surface area contributed by atoms with Gasteiger partial charge in [-0.25, -0.2) is 14.6 Å². The van der Waals surface area contributed by atoms with E-state index in [1.807, 2.05) is 4.90 Å². The van der Waals surface area contributed by atoms with E-state index in [-0.39, 0.29) is 136 Å². The van der Waals surface area contributed by atoms with Crippen molar-refractivity contribution in [3.05, 3.63) is 109 Å². The first-order valence-corrected chi connectivity index (χ1v) is 37.0. The number of nitrogens with one attached hydrogen (secondary N) is 5. The lowest BCUT2D eigenvalue weighted by Gasteiger charge is -2.38. The van der Waals surface area contributed by atoms with Gasteiger partial charge in [0.25, 0.3) is 5.91 Å². The summed E-state index contributed by atoms with van der Waals surface area (Å²) in [5.41, 5.74) is 3.76. The Balaban J connectivity index is 0.886. The minimum Gasteiger partial charge on any atom is -0.507 e. The number of primary amides is 1. The summed E-state index contributed by atoms with van der Waals surface area (Å²) in [5, 5.41) is 60.7. The Kier molecular flexibility index (Phi) is 27.1. The molecule has 1 aromatic heterocycles. The number of ketones is 1. The minimum absolute atomic E-state index is 0.00782. The van der Waals surface area contributed by atoms with Crippen molar-refractivity contribution in [2.75, 3.05) is 48.8 Å². The lowest BCUT2D eigenvalue weighted by atomic mass is 9.78. The molecule has 11 N–H and O–H groups in total. The highest BCUT2D eigenvalue weighted by Gasteiger charge is 2.45. The number of methoxy groups -OCH3 is 1. The summed E-state index contributed by atoms with van der Waals surface area (Å²) in [6, 6.07) is 7.46. The molecule has 4 bridgehead atoms. The Labute approximate surface area is 630 Å². The number of allylic oxidation sites excluding steroid dienone is 2. The second-order valence-corrected chi connectivity index (χ2v) is 29.6. The Bertz CT molecular complexity index is 4590. The number of fused-ring (bicyclic) bond motifs is 2. The van der Waals surface area contributed by atoms with Crippen LogP contribution in [0.4, 0.5) is 26.7 Å². The van der Waals surface area contributed by atoms with Crippen LogP contribution in [0.5, 0.6) is 11.5 Å². The van der Waals surface area contributed by atoms with E-state index in [1.165, 1.54) is 70.3 Å². The van der Waals surface area contributed by atoms with Crippen LogP contribution in [-0.2, 0) is 59.1 Å². The standard InChI is InChI=1S/C79H101N9O21/c1-39(2)62(84-57(92)21-14-13-15-30-88-58(93)34-42(5)76(88)101)53(90)35-49(20-17-29-81-77(80)102)75(100)82-50-24-22-48(23-25-50)38-105-78(103)83-51-26-31-87(32-27-51)52-36-54(91)63-56(37-52)108-72-64(85-63)59-60-68(96)46(9)71-61(59)73(98)79(11,109-71)106-33-28-55(104-12)43(6)70(107-47(10)89)45(8)67(95)44(7)66(94)40(3)18-16-19-41(4)74(99)86-65(72)69(60)97/h16,18-19,22-25,28,33,36-37,39-40,42-45,49,51,55,62,66-67,70,94-96,98H,13-15,17,20-21,26-27,29-32,34-35,38H2,1-12H3,(H,82,100)(H,83,103)(H,84,92)(H,86,99)(H3,80,81,102)/b18-16+,33-28+,41-19-/t40-,42?,43+,44+,45+,49+,55-,62-,66-,67+,70+,79-/m0/s1. The van der Waals surface area contributed by atoms with Crippen molar-refractivity contribution in [3.63, 3.8) is 0 Å². The van der Waals surface area contributed by atoms with E-state index in [0.29, 0.717) is 68.6 Å². The van der Waals surface area contributed by atoms with Crippen LogP contribution in [0.25, 0.3) is 38.7 Å². The SMILES string of the molecule is CO[C@H]1/C=C/O[C@@]2(C)Oc3c(C)c(O)c4c(=O)c(c5oc6cc(N7CCC(NC(=O)OCc8ccc(NC(=O)[C@H](CCCNC(N)=O)CC(=O)[C@@H](NC(=O)CCCCCN9C(=O)CC(C)C9=O)C(C)C)cc8)CC7)cc(=O)c6nc5c4c3=C2O)NC(=O)/C(C)=C\C=C\[C@H](C)[C@H](O)[C@@H](C)[C@@H](O)[C@@H](C)[C@H](OC(C)=O)[C@@H]1C. The van der Waals surface area contributed by atoms with Crippen LogP contribution in [0, 0.1) is 48.3 Å². The van der Waals surface area contributed by atoms with Crippen molar-refractivity contribution in [2.24, 2.45) is 47.2 Å². The van der Waals surface area contributed by atoms with Gasteiger partial charge in [0, 0.05) is 148 Å². The monoisotopic (exact) mass is 1510 g/mol. The quantitative estimate of drug-likeness (QED) is 0.00993. The number of esters is 1. The third-order valence-corrected chi connectivity index (χ3v) is 21.1. The number of carbonyl (C=O) groups excluding carboxylic acids is 9. The first kappa shape index (κ1) is 82.6. The fourth-order valence-corrected chi connectivity index (χ4v) is 14.6. The van der Waals surface area contributed by atoms with Gasteiger partial charge in [-0.05, 0) is 82.1 Å². The maximum atomic E-state index is 15.2. The fourth-order valence-electron chi connectivity index (χ4n) is 14.6. The maximum absolute atomic E-state index is 15.2. The number of piperidine rings is 1. The number of aromatic hydroxyl groups is 1. The molecule has 30 heteroatoms. The number of unbranched alkanes of at least 4 members (excludes halogenated alkanes) is 2. The van der Waals surface area contributed by atoms with Crippen LogP contribution in [0.15, 0.2) is 86.5 Å². The highest BCUT2D eigenvalue weighted by Crippen LogP contribution is 2.43. The number of benzene rings is 4. The van der Waals surface area contributed by atoms with Crippen LogP contribution < -0.4 is 58.0 Å². The predicted octanol–water partition coefficient (Wildman–Crippen LogP) is 7.51. The molecule has 0 spiro atoms. The molecule has 9 rings (SSSR count). The third-order valence-electron chi connectivity index (χ3n) is 21.1. The number of carbonyl (C=O) groups is 9. The van der Waals surface area contributed by atoms with E-state index in [9.17, 15) is 68.4 Å². The molecule has 30 nitrogen and oxygen atoms in total. The second kappa shape index (κ2) is 35.7. The molecule has 8 amide bonds. The lowest BCUT2D eigenvalue weighted by molar-refractivity contribution is -0.160. The zero-order chi connectivity index (χ0) is 79.6. The molecule has 2 saturated heterocycles. The lowest BCUT2D eigenvalue weighted by Crippen LogP contribution is -2.46. The number of rotatable bonds is 23. The van der Waals surface area contributed by atoms with Gasteiger partial charge in [-0.15, -0.1) is 0 Å². The number of phenolic OH excluding ortho intramolecular Hbond substituents is 1. The first-order chi connectivity index (χ1) is 51.6. The average molecular weight is 1510 g/mol. The Morgan fingerprint density at radius 2 is 1.58 bits per heavy atom. The van der Waals surface area contributed by atoms with Crippen LogP contribution >= 0.6 is 0 Å². The largest absolute Gasteiger partial charge is 0.507 e. The van der Waals surface area contributed by atoms with Crippen molar-refractivity contribution in [2.45, 2.75) is 189 Å². The summed E-state index contributed by atoms with van der Waals surface area (Å²) < 4.78 is 36.3. The van der Waals surface area contributed by atoms with Gasteiger partial charge in [-0.1, -0.05) is 85.2 Å². The van der Waals surface area contributed by atoms with Crippen LogP contribution in [0.1, 0.15) is 145 Å². The van der Waals surface area contributed by atoms with Crippen molar-refractivity contribution in [1.29, 1.82) is 0 Å². The number of nitrogens with two attached hydrogens (primary N) is 1. The van der Waals surface area contributed by atoms with Crippen molar-refractivity contribution < 1.29 is 91.7 Å². The third kappa shape index (κ3) is 19.2. The summed E-state index contributed by atoms with van der Waals surface area (Å²) in [6.07, 6.45) is 5.45. The van der Waals surface area contributed by atoms with Crippen molar-refractivity contribution >= 4 is 109 Å². The molecule has 0 aliphatic carbocycles. The molecule has 4 aromatic carbocycles. The number of anilines is 3. The van der Waals surface area contributed by atoms with Gasteiger partial charge in [0.05, 0.1) is 41.2 Å². The predicted molar refractivity (Wildman–Crippen MR) is 404 cm³/mol. The van der Waals surface area contributed by atoms with E-state index in [4.69, 9.17) is 38.8 Å². The number of Topliss-reactive ketones (excluding diaryl/α,β-unsaturated/α-hetero) is 1. The van der Waals surface area contributed by atoms with Gasteiger partial charge >= 0.3 is 23.9 Å². The van der Waals surface area contributed by atoms with Crippen LogP contribution in [-0.4, -0.2) is 159 Å². The number of nitrogens with zero attached hydrogens (tertiary/aromatic N) is 3. The van der Waals surface area contributed by atoms with E-state index < -0.39 is 129 Å². The molecule has 0 radical (unpaired) electrons. The molecule has 588 valence electrons. The van der Waals surface area contributed by atoms with Gasteiger partial charge in [0.2, 0.25) is 34.5 Å². The molecule has 4 aliphatic rings. The number of imide groups is 1. The first-order valence-electron chi connectivity index (χ1n) is 37.0. The Hall–Kier alpha value is -10.5. The summed E-state index contributed by atoms with van der Waals surface area (Å²) in [5.74, 6) is -10.6. The number of hydrogen-bond donors (Lipinski definition) is 10. The number of likely N-dealkylation sites (tertiary alicyclic amines) is 1. The smallest absolute Gasteiger partial charge is 0.407 e. The molecule has 5 heterocycles. The van der Waals surface area contributed by atoms with Gasteiger partial charge < -0.3 is 85.7 Å². The Morgan fingerprint density at radius 1 is 0.872 bits per heavy atom. The normalized spacial score (nSPS) is 24.6. The molecule has 109 heavy (non-hydrogen) atoms. The molecular weight excluding hydrogens is 1410 g/mol. The topological polar surface area (TPSA) is 434 Å². The number of aromatic nitrogens is 1. The Morgan fingerprint density at radius 3 is 2.23 bits per heavy atom. The van der Waals surface area contributed by atoms with Crippen molar-refractivity contribution in [1.82, 2.24) is 25.8 Å².